The first-order valence-electron chi connectivity index (χ1n) is 7.20. The molecule has 1 aromatic carbocycles. The van der Waals surface area contributed by atoms with Crippen molar-refractivity contribution in [3.05, 3.63) is 64.6 Å². The number of pyridine rings is 1. The third-order valence-electron chi connectivity index (χ3n) is 3.42. The molecule has 1 N–H and O–H groups in total. The fourth-order valence-electron chi connectivity index (χ4n) is 2.13. The molecule has 5 nitrogen and oxygen atoms in total. The molecule has 2 aromatic rings. The number of carboxylic acid groups (broad SMARTS) is 1. The zero-order valence-electron chi connectivity index (χ0n) is 12.4. The van der Waals surface area contributed by atoms with Crippen LogP contribution in [0.1, 0.15) is 24.9 Å². The normalized spacial score (nSPS) is 11.9. The molecule has 1 aromatic heterocycles. The van der Waals surface area contributed by atoms with Crippen molar-refractivity contribution < 1.29 is 14.6 Å². The van der Waals surface area contributed by atoms with E-state index in [4.69, 9.17) is 9.84 Å². The number of aromatic nitrogens is 1. The van der Waals surface area contributed by atoms with Gasteiger partial charge in [0.15, 0.2) is 5.75 Å². The van der Waals surface area contributed by atoms with Gasteiger partial charge < -0.3 is 9.84 Å². The summed E-state index contributed by atoms with van der Waals surface area (Å²) in [6, 6.07) is 12.3. The largest absolute Gasteiger partial charge is 0.488 e. The van der Waals surface area contributed by atoms with E-state index < -0.39 is 17.6 Å². The summed E-state index contributed by atoms with van der Waals surface area (Å²) in [4.78, 5) is 23.1. The zero-order valence-corrected chi connectivity index (χ0v) is 12.4. The van der Waals surface area contributed by atoms with Crippen LogP contribution in [0, 0.1) is 0 Å². The van der Waals surface area contributed by atoms with Crippen molar-refractivity contribution in [3.8, 4) is 5.75 Å². The first kappa shape index (κ1) is 15.8. The van der Waals surface area contributed by atoms with E-state index in [1.165, 1.54) is 18.7 Å². The summed E-state index contributed by atoms with van der Waals surface area (Å²) in [6.07, 6.45) is 3.11. The van der Waals surface area contributed by atoms with Crippen LogP contribution in [0.3, 0.4) is 0 Å². The molecule has 1 atom stereocenters. The molecule has 0 spiro atoms. The highest BCUT2D eigenvalue weighted by Gasteiger charge is 2.16. The molecule has 0 saturated heterocycles. The van der Waals surface area contributed by atoms with Gasteiger partial charge in [-0.25, -0.2) is 4.79 Å². The number of aryl methyl sites for hydroxylation is 1. The molecule has 0 aliphatic carbocycles. The van der Waals surface area contributed by atoms with Gasteiger partial charge in [-0.05, 0) is 37.5 Å². The highest BCUT2D eigenvalue weighted by Crippen LogP contribution is 2.09. The first-order chi connectivity index (χ1) is 10.6. The molecule has 0 fully saturated rings. The quantitative estimate of drug-likeness (QED) is 0.798. The highest BCUT2D eigenvalue weighted by atomic mass is 16.5. The summed E-state index contributed by atoms with van der Waals surface area (Å²) in [7, 11) is 0. The minimum absolute atomic E-state index is 0.184. The number of aliphatic carboxylic acids is 1. The van der Waals surface area contributed by atoms with Crippen LogP contribution in [-0.4, -0.2) is 22.2 Å². The minimum Gasteiger partial charge on any atom is -0.488 e. The maximum Gasteiger partial charge on any atom is 0.326 e. The van der Waals surface area contributed by atoms with Crippen molar-refractivity contribution in [1.29, 1.82) is 0 Å². The molecule has 0 aliphatic rings. The predicted molar refractivity (Wildman–Crippen MR) is 83.3 cm³/mol. The Hall–Kier alpha value is -2.56. The lowest BCUT2D eigenvalue weighted by Gasteiger charge is -2.12. The van der Waals surface area contributed by atoms with Crippen molar-refractivity contribution in [2.45, 2.75) is 25.8 Å². The minimum atomic E-state index is -1.05. The molecule has 0 bridgehead atoms. The van der Waals surface area contributed by atoms with Crippen molar-refractivity contribution >= 4 is 5.97 Å². The van der Waals surface area contributed by atoms with E-state index >= 15 is 0 Å². The Labute approximate surface area is 128 Å². The van der Waals surface area contributed by atoms with E-state index in [9.17, 15) is 9.59 Å². The van der Waals surface area contributed by atoms with Crippen LogP contribution < -0.4 is 10.3 Å². The SMILES string of the molecule is CC(C(=O)O)n1cccc(OCCCc2ccccc2)c1=O. The summed E-state index contributed by atoms with van der Waals surface area (Å²) in [5.41, 5.74) is 0.799. The Bertz CT molecular complexity index is 679. The lowest BCUT2D eigenvalue weighted by atomic mass is 10.1. The number of rotatable bonds is 7. The monoisotopic (exact) mass is 301 g/mol. The Morgan fingerprint density at radius 2 is 1.95 bits per heavy atom. The van der Waals surface area contributed by atoms with Crippen LogP contribution in [0.2, 0.25) is 0 Å². The van der Waals surface area contributed by atoms with E-state index in [0.717, 1.165) is 17.4 Å². The number of ether oxygens (including phenoxy) is 1. The van der Waals surface area contributed by atoms with Crippen molar-refractivity contribution in [2.24, 2.45) is 0 Å². The Kier molecular flexibility index (Phi) is 5.36. The van der Waals surface area contributed by atoms with Gasteiger partial charge in [0.2, 0.25) is 0 Å². The summed E-state index contributed by atoms with van der Waals surface area (Å²) >= 11 is 0. The van der Waals surface area contributed by atoms with E-state index in [1.54, 1.807) is 12.1 Å². The Balaban J connectivity index is 1.95. The van der Waals surface area contributed by atoms with Gasteiger partial charge in [0.1, 0.15) is 6.04 Å². The smallest absolute Gasteiger partial charge is 0.326 e. The molecule has 0 amide bonds. The second kappa shape index (κ2) is 7.45. The first-order valence-corrected chi connectivity index (χ1v) is 7.20. The maximum atomic E-state index is 12.2. The average molecular weight is 301 g/mol. The van der Waals surface area contributed by atoms with Crippen molar-refractivity contribution in [3.63, 3.8) is 0 Å². The summed E-state index contributed by atoms with van der Waals surface area (Å²) in [5, 5.41) is 8.99. The molecular formula is C17H19NO4. The van der Waals surface area contributed by atoms with Crippen LogP contribution in [0.5, 0.6) is 5.75 Å². The van der Waals surface area contributed by atoms with Crippen molar-refractivity contribution in [1.82, 2.24) is 4.57 Å². The van der Waals surface area contributed by atoms with E-state index in [2.05, 4.69) is 0 Å². The van der Waals surface area contributed by atoms with Gasteiger partial charge in [0.25, 0.3) is 5.56 Å². The van der Waals surface area contributed by atoms with E-state index in [0.29, 0.717) is 6.61 Å². The van der Waals surface area contributed by atoms with Crippen LogP contribution in [0.4, 0.5) is 0 Å². The van der Waals surface area contributed by atoms with Gasteiger partial charge in [0, 0.05) is 6.20 Å². The second-order valence-corrected chi connectivity index (χ2v) is 5.04. The molecule has 1 heterocycles. The molecule has 1 unspecified atom stereocenters. The Morgan fingerprint density at radius 3 is 2.64 bits per heavy atom. The number of nitrogens with zero attached hydrogens (tertiary/aromatic N) is 1. The summed E-state index contributed by atoms with van der Waals surface area (Å²) in [5.74, 6) is -0.869. The fourth-order valence-corrected chi connectivity index (χ4v) is 2.13. The molecule has 116 valence electrons. The zero-order chi connectivity index (χ0) is 15.9. The van der Waals surface area contributed by atoms with Crippen LogP contribution in [0.25, 0.3) is 0 Å². The number of carboxylic acids is 1. The van der Waals surface area contributed by atoms with Crippen LogP contribution >= 0.6 is 0 Å². The number of hydrogen-bond acceptors (Lipinski definition) is 3. The van der Waals surface area contributed by atoms with Gasteiger partial charge >= 0.3 is 5.97 Å². The molecule has 0 radical (unpaired) electrons. The van der Waals surface area contributed by atoms with E-state index in [-0.39, 0.29) is 5.75 Å². The Morgan fingerprint density at radius 1 is 1.23 bits per heavy atom. The van der Waals surface area contributed by atoms with Gasteiger partial charge in [0.05, 0.1) is 6.61 Å². The molecule has 5 heteroatoms. The standard InChI is InChI=1S/C17H19NO4/c1-13(17(20)21)18-11-5-10-15(16(18)19)22-12-6-9-14-7-3-2-4-8-14/h2-5,7-8,10-11,13H,6,9,12H2,1H3,(H,20,21). The summed E-state index contributed by atoms with van der Waals surface area (Å²) < 4.78 is 6.66. The second-order valence-electron chi connectivity index (χ2n) is 5.04. The van der Waals surface area contributed by atoms with Gasteiger partial charge in [-0.15, -0.1) is 0 Å². The van der Waals surface area contributed by atoms with Crippen LogP contribution in [0.15, 0.2) is 53.5 Å². The molecule has 22 heavy (non-hydrogen) atoms. The van der Waals surface area contributed by atoms with Gasteiger partial charge in [-0.1, -0.05) is 30.3 Å². The number of carbonyl (C=O) groups is 1. The molecule has 0 aliphatic heterocycles. The van der Waals surface area contributed by atoms with Gasteiger partial charge in [-0.3, -0.25) is 9.36 Å². The van der Waals surface area contributed by atoms with Crippen molar-refractivity contribution in [2.75, 3.05) is 6.61 Å². The highest BCUT2D eigenvalue weighted by molar-refractivity contribution is 5.71. The third-order valence-corrected chi connectivity index (χ3v) is 3.42. The number of hydrogen-bond donors (Lipinski definition) is 1. The third kappa shape index (κ3) is 3.97. The van der Waals surface area contributed by atoms with Gasteiger partial charge in [-0.2, -0.15) is 0 Å². The average Bonchev–Trinajstić information content (AvgIpc) is 2.53. The molecular weight excluding hydrogens is 282 g/mol. The maximum absolute atomic E-state index is 12.2. The lowest BCUT2D eigenvalue weighted by molar-refractivity contribution is -0.140. The van der Waals surface area contributed by atoms with Crippen LogP contribution in [-0.2, 0) is 11.2 Å². The molecule has 2 rings (SSSR count). The lowest BCUT2D eigenvalue weighted by Crippen LogP contribution is -2.28. The molecule has 0 saturated carbocycles. The summed E-state index contributed by atoms with van der Waals surface area (Å²) in [6.45, 7) is 1.87. The van der Waals surface area contributed by atoms with E-state index in [1.807, 2.05) is 30.3 Å². The topological polar surface area (TPSA) is 68.5 Å². The predicted octanol–water partition coefficient (Wildman–Crippen LogP) is 2.51. The fraction of sp³-hybridized carbons (Fsp3) is 0.294. The number of benzene rings is 1.